The molecular formula is C19H19NO2. The summed E-state index contributed by atoms with van der Waals surface area (Å²) in [6.07, 6.45) is 2.23. The topological polar surface area (TPSA) is 31.2 Å². The first-order valence-electron chi connectivity index (χ1n) is 7.52. The van der Waals surface area contributed by atoms with Crippen LogP contribution in [0.25, 0.3) is 21.8 Å². The zero-order chi connectivity index (χ0) is 15.7. The number of aromatic nitrogens is 1. The van der Waals surface area contributed by atoms with Crippen LogP contribution in [-0.4, -0.2) is 10.5 Å². The van der Waals surface area contributed by atoms with E-state index in [0.29, 0.717) is 11.8 Å². The van der Waals surface area contributed by atoms with Gasteiger partial charge < -0.3 is 9.30 Å². The molecule has 0 amide bonds. The van der Waals surface area contributed by atoms with E-state index in [2.05, 4.69) is 43.2 Å². The molecule has 0 spiro atoms. The van der Waals surface area contributed by atoms with Crippen molar-refractivity contribution in [3.63, 3.8) is 0 Å². The Hall–Kier alpha value is -2.55. The van der Waals surface area contributed by atoms with Crippen molar-refractivity contribution in [1.82, 2.24) is 4.57 Å². The lowest BCUT2D eigenvalue weighted by molar-refractivity contribution is -0.128. The van der Waals surface area contributed by atoms with Crippen LogP contribution in [0.3, 0.4) is 0 Å². The van der Waals surface area contributed by atoms with Crippen molar-refractivity contribution in [3.8, 4) is 5.75 Å². The van der Waals surface area contributed by atoms with Crippen molar-refractivity contribution in [2.45, 2.75) is 26.3 Å². The normalized spacial score (nSPS) is 12.5. The number of hydrogen-bond acceptors (Lipinski definition) is 2. The van der Waals surface area contributed by atoms with E-state index in [0.717, 1.165) is 17.3 Å². The maximum atomic E-state index is 11.4. The fourth-order valence-corrected chi connectivity index (χ4v) is 2.86. The zero-order valence-electron chi connectivity index (χ0n) is 12.9. The van der Waals surface area contributed by atoms with Crippen LogP contribution in [0.15, 0.2) is 55.1 Å². The number of hydrogen-bond donors (Lipinski definition) is 0. The fraction of sp³-hybridized carbons (Fsp3) is 0.211. The Morgan fingerprint density at radius 3 is 2.68 bits per heavy atom. The van der Waals surface area contributed by atoms with Gasteiger partial charge in [0.15, 0.2) is 0 Å². The molecule has 22 heavy (non-hydrogen) atoms. The summed E-state index contributed by atoms with van der Waals surface area (Å²) in [5.41, 5.74) is 2.37. The predicted octanol–water partition coefficient (Wildman–Crippen LogP) is 4.86. The Morgan fingerprint density at radius 1 is 1.23 bits per heavy atom. The first kappa shape index (κ1) is 14.4. The number of esters is 1. The monoisotopic (exact) mass is 293 g/mol. The van der Waals surface area contributed by atoms with Crippen LogP contribution < -0.4 is 4.74 Å². The third-order valence-corrected chi connectivity index (χ3v) is 4.10. The Labute approximate surface area is 129 Å². The SMILES string of the molecule is C=CC(=O)Oc1ccc2c(c1)c1ccccc1n2C(C)CC. The Balaban J connectivity index is 2.26. The Bertz CT molecular complexity index is 860. The largest absolute Gasteiger partial charge is 0.423 e. The maximum Gasteiger partial charge on any atom is 0.335 e. The van der Waals surface area contributed by atoms with Crippen LogP contribution in [0.1, 0.15) is 26.3 Å². The van der Waals surface area contributed by atoms with Gasteiger partial charge in [0.2, 0.25) is 0 Å². The van der Waals surface area contributed by atoms with E-state index >= 15 is 0 Å². The second-order valence-corrected chi connectivity index (χ2v) is 5.45. The van der Waals surface area contributed by atoms with Crippen LogP contribution in [0, 0.1) is 0 Å². The van der Waals surface area contributed by atoms with Crippen molar-refractivity contribution in [2.24, 2.45) is 0 Å². The minimum absolute atomic E-state index is 0.406. The standard InChI is InChI=1S/C19H19NO2/c1-4-13(3)20-17-9-7-6-8-15(17)16-12-14(10-11-18(16)20)22-19(21)5-2/h5-13H,2,4H2,1,3H3. The number of benzene rings is 2. The molecule has 0 saturated heterocycles. The lowest BCUT2D eigenvalue weighted by Crippen LogP contribution is -2.04. The van der Waals surface area contributed by atoms with Gasteiger partial charge in [-0.3, -0.25) is 0 Å². The molecule has 1 aromatic heterocycles. The molecule has 1 atom stereocenters. The molecule has 3 heteroatoms. The summed E-state index contributed by atoms with van der Waals surface area (Å²) < 4.78 is 7.60. The molecule has 0 aliphatic heterocycles. The predicted molar refractivity (Wildman–Crippen MR) is 90.3 cm³/mol. The van der Waals surface area contributed by atoms with Gasteiger partial charge in [0.05, 0.1) is 0 Å². The number of nitrogens with zero attached hydrogens (tertiary/aromatic N) is 1. The van der Waals surface area contributed by atoms with Crippen molar-refractivity contribution >= 4 is 27.8 Å². The molecule has 0 aliphatic carbocycles. The third-order valence-electron chi connectivity index (χ3n) is 4.10. The molecule has 0 saturated carbocycles. The molecule has 0 fully saturated rings. The van der Waals surface area contributed by atoms with Crippen LogP contribution in [-0.2, 0) is 4.79 Å². The molecule has 112 valence electrons. The second-order valence-electron chi connectivity index (χ2n) is 5.45. The molecule has 0 aliphatic rings. The van der Waals surface area contributed by atoms with Gasteiger partial charge in [-0.25, -0.2) is 4.79 Å². The molecule has 3 aromatic rings. The summed E-state index contributed by atoms with van der Waals surface area (Å²) in [6.45, 7) is 7.83. The molecule has 3 rings (SSSR count). The van der Waals surface area contributed by atoms with Gasteiger partial charge in [-0.1, -0.05) is 31.7 Å². The van der Waals surface area contributed by atoms with Gasteiger partial charge in [-0.05, 0) is 37.6 Å². The Kier molecular flexibility index (Phi) is 3.72. The van der Waals surface area contributed by atoms with E-state index in [9.17, 15) is 4.79 Å². The van der Waals surface area contributed by atoms with Crippen LogP contribution in [0.5, 0.6) is 5.75 Å². The zero-order valence-corrected chi connectivity index (χ0v) is 12.9. The number of para-hydroxylation sites is 1. The highest BCUT2D eigenvalue weighted by molar-refractivity contribution is 6.08. The van der Waals surface area contributed by atoms with E-state index in [1.54, 1.807) is 0 Å². The lowest BCUT2D eigenvalue weighted by Gasteiger charge is -2.14. The van der Waals surface area contributed by atoms with Gasteiger partial charge in [0.25, 0.3) is 0 Å². The van der Waals surface area contributed by atoms with E-state index in [1.165, 1.54) is 17.0 Å². The van der Waals surface area contributed by atoms with Crippen molar-refractivity contribution in [2.75, 3.05) is 0 Å². The molecule has 1 unspecified atom stereocenters. The van der Waals surface area contributed by atoms with E-state index in [1.807, 2.05) is 24.3 Å². The molecule has 0 radical (unpaired) electrons. The van der Waals surface area contributed by atoms with Crippen molar-refractivity contribution in [1.29, 1.82) is 0 Å². The molecule has 0 N–H and O–H groups in total. The summed E-state index contributed by atoms with van der Waals surface area (Å²) in [6, 6.07) is 14.5. The average Bonchev–Trinajstić information content (AvgIpc) is 2.88. The number of ether oxygens (including phenoxy) is 1. The van der Waals surface area contributed by atoms with Crippen LogP contribution in [0.2, 0.25) is 0 Å². The smallest absolute Gasteiger partial charge is 0.335 e. The molecular weight excluding hydrogens is 274 g/mol. The van der Waals surface area contributed by atoms with Gasteiger partial charge in [0, 0.05) is 33.9 Å². The minimum atomic E-state index is -0.440. The van der Waals surface area contributed by atoms with Gasteiger partial charge in [-0.15, -0.1) is 0 Å². The van der Waals surface area contributed by atoms with Gasteiger partial charge >= 0.3 is 5.97 Å². The highest BCUT2D eigenvalue weighted by Crippen LogP contribution is 2.34. The van der Waals surface area contributed by atoms with Gasteiger partial charge in [0.1, 0.15) is 5.75 Å². The van der Waals surface area contributed by atoms with E-state index < -0.39 is 5.97 Å². The number of fused-ring (bicyclic) bond motifs is 3. The second kappa shape index (κ2) is 5.68. The number of carbonyl (C=O) groups is 1. The first-order chi connectivity index (χ1) is 10.7. The average molecular weight is 293 g/mol. The lowest BCUT2D eigenvalue weighted by atomic mass is 10.1. The Morgan fingerprint density at radius 2 is 1.95 bits per heavy atom. The number of carbonyl (C=O) groups excluding carboxylic acids is 1. The summed E-state index contributed by atoms with van der Waals surface area (Å²) in [5.74, 6) is 0.106. The molecule has 2 aromatic carbocycles. The van der Waals surface area contributed by atoms with Gasteiger partial charge in [-0.2, -0.15) is 0 Å². The van der Waals surface area contributed by atoms with Crippen molar-refractivity contribution in [3.05, 3.63) is 55.1 Å². The third kappa shape index (κ3) is 2.29. The summed E-state index contributed by atoms with van der Waals surface area (Å²) in [4.78, 5) is 11.4. The first-order valence-corrected chi connectivity index (χ1v) is 7.52. The molecule has 3 nitrogen and oxygen atoms in total. The maximum absolute atomic E-state index is 11.4. The fourth-order valence-electron chi connectivity index (χ4n) is 2.86. The summed E-state index contributed by atoms with van der Waals surface area (Å²) in [7, 11) is 0. The molecule has 0 bridgehead atoms. The highest BCUT2D eigenvalue weighted by atomic mass is 16.5. The van der Waals surface area contributed by atoms with E-state index in [-0.39, 0.29) is 0 Å². The highest BCUT2D eigenvalue weighted by Gasteiger charge is 2.14. The van der Waals surface area contributed by atoms with Crippen molar-refractivity contribution < 1.29 is 9.53 Å². The molecule has 1 heterocycles. The van der Waals surface area contributed by atoms with Crippen LogP contribution in [0.4, 0.5) is 0 Å². The van der Waals surface area contributed by atoms with Crippen LogP contribution >= 0.6 is 0 Å². The quantitative estimate of drug-likeness (QED) is 0.391. The minimum Gasteiger partial charge on any atom is -0.423 e. The number of rotatable bonds is 4. The summed E-state index contributed by atoms with van der Waals surface area (Å²) >= 11 is 0. The van der Waals surface area contributed by atoms with E-state index in [4.69, 9.17) is 4.74 Å². The summed E-state index contributed by atoms with van der Waals surface area (Å²) in [5, 5.41) is 2.28.